The van der Waals surface area contributed by atoms with Crippen LogP contribution in [-0.2, 0) is 0 Å². The predicted molar refractivity (Wildman–Crippen MR) is 77.6 cm³/mol. The van der Waals surface area contributed by atoms with E-state index in [9.17, 15) is 0 Å². The Hall–Kier alpha value is -0.120. The summed E-state index contributed by atoms with van der Waals surface area (Å²) in [4.78, 5) is 4.91. The second kappa shape index (κ2) is 9.86. The molecular formula is C14H33N3. The van der Waals surface area contributed by atoms with Gasteiger partial charge in [0.2, 0.25) is 0 Å². The Balaban J connectivity index is 4.04. The molecule has 1 atom stereocenters. The van der Waals surface area contributed by atoms with E-state index in [4.69, 9.17) is 0 Å². The largest absolute Gasteiger partial charge is 0.320 e. The highest BCUT2D eigenvalue weighted by molar-refractivity contribution is 4.70. The Kier molecular flexibility index (Phi) is 9.79. The summed E-state index contributed by atoms with van der Waals surface area (Å²) in [6, 6.07) is 0.700. The minimum absolute atomic E-state index is 0.700. The first kappa shape index (κ1) is 16.9. The summed E-state index contributed by atoms with van der Waals surface area (Å²) in [6.07, 6.45) is 2.56. The molecule has 3 nitrogen and oxygen atoms in total. The van der Waals surface area contributed by atoms with Crippen LogP contribution in [0, 0.1) is 5.92 Å². The molecule has 0 aromatic carbocycles. The number of nitrogens with one attached hydrogen (secondary N) is 1. The lowest BCUT2D eigenvalue weighted by Crippen LogP contribution is -2.40. The van der Waals surface area contributed by atoms with E-state index >= 15 is 0 Å². The van der Waals surface area contributed by atoms with Gasteiger partial charge in [-0.2, -0.15) is 0 Å². The fraction of sp³-hybridized carbons (Fsp3) is 1.00. The molecule has 0 radical (unpaired) electrons. The van der Waals surface area contributed by atoms with Gasteiger partial charge in [0.25, 0.3) is 0 Å². The van der Waals surface area contributed by atoms with Gasteiger partial charge in [-0.1, -0.05) is 13.8 Å². The smallest absolute Gasteiger partial charge is 0.0112 e. The van der Waals surface area contributed by atoms with Crippen molar-refractivity contribution in [3.05, 3.63) is 0 Å². The highest BCUT2D eigenvalue weighted by Crippen LogP contribution is 2.09. The van der Waals surface area contributed by atoms with Crippen molar-refractivity contribution in [3.8, 4) is 0 Å². The third kappa shape index (κ3) is 9.57. The minimum atomic E-state index is 0.700. The van der Waals surface area contributed by atoms with Gasteiger partial charge in [0.05, 0.1) is 0 Å². The van der Waals surface area contributed by atoms with Gasteiger partial charge in [0, 0.05) is 25.7 Å². The number of rotatable bonds is 10. The molecule has 0 aliphatic carbocycles. The molecule has 3 heteroatoms. The zero-order valence-corrected chi connectivity index (χ0v) is 12.8. The highest BCUT2D eigenvalue weighted by Gasteiger charge is 2.14. The monoisotopic (exact) mass is 243 g/mol. The van der Waals surface area contributed by atoms with E-state index in [1.807, 2.05) is 7.05 Å². The molecule has 0 aliphatic heterocycles. The van der Waals surface area contributed by atoms with Crippen LogP contribution in [0.15, 0.2) is 0 Å². The predicted octanol–water partition coefficient (Wildman–Crippen LogP) is 1.89. The van der Waals surface area contributed by atoms with Gasteiger partial charge in [-0.3, -0.25) is 4.90 Å². The maximum absolute atomic E-state index is 3.23. The van der Waals surface area contributed by atoms with E-state index in [2.05, 4.69) is 50.0 Å². The molecule has 0 bridgehead atoms. The summed E-state index contributed by atoms with van der Waals surface area (Å²) in [6.45, 7) is 11.7. The third-order valence-electron chi connectivity index (χ3n) is 3.11. The zero-order valence-electron chi connectivity index (χ0n) is 12.8. The van der Waals surface area contributed by atoms with Gasteiger partial charge in [-0.25, -0.2) is 0 Å². The van der Waals surface area contributed by atoms with Crippen molar-refractivity contribution in [2.24, 2.45) is 5.92 Å². The summed E-state index contributed by atoms with van der Waals surface area (Å²) in [5, 5.41) is 3.23. The molecule has 104 valence electrons. The molecule has 1 N–H and O–H groups in total. The van der Waals surface area contributed by atoms with Crippen molar-refractivity contribution in [2.75, 3.05) is 47.3 Å². The molecule has 0 aliphatic rings. The van der Waals surface area contributed by atoms with Crippen molar-refractivity contribution in [1.82, 2.24) is 15.1 Å². The second-order valence-corrected chi connectivity index (χ2v) is 5.79. The van der Waals surface area contributed by atoms with Gasteiger partial charge < -0.3 is 10.2 Å². The summed E-state index contributed by atoms with van der Waals surface area (Å²) >= 11 is 0. The van der Waals surface area contributed by atoms with Crippen molar-refractivity contribution >= 4 is 0 Å². The maximum Gasteiger partial charge on any atom is 0.0112 e. The number of nitrogens with zero attached hydrogens (tertiary/aromatic N) is 2. The van der Waals surface area contributed by atoms with Crippen molar-refractivity contribution in [1.29, 1.82) is 0 Å². The molecule has 0 saturated carbocycles. The summed E-state index contributed by atoms with van der Waals surface area (Å²) < 4.78 is 0. The van der Waals surface area contributed by atoms with Gasteiger partial charge in [0.15, 0.2) is 0 Å². The van der Waals surface area contributed by atoms with Crippen LogP contribution in [-0.4, -0.2) is 63.2 Å². The van der Waals surface area contributed by atoms with E-state index < -0.39 is 0 Å². The second-order valence-electron chi connectivity index (χ2n) is 5.79. The molecule has 0 heterocycles. The average Bonchev–Trinajstić information content (AvgIpc) is 2.23. The summed E-state index contributed by atoms with van der Waals surface area (Å²) in [7, 11) is 6.33. The first-order chi connectivity index (χ1) is 7.97. The van der Waals surface area contributed by atoms with Gasteiger partial charge in [-0.15, -0.1) is 0 Å². The first-order valence-electron chi connectivity index (χ1n) is 7.00. The Bertz CT molecular complexity index is 169. The van der Waals surface area contributed by atoms with E-state index in [0.29, 0.717) is 6.04 Å². The first-order valence-corrected chi connectivity index (χ1v) is 7.00. The Morgan fingerprint density at radius 1 is 1.06 bits per heavy atom. The van der Waals surface area contributed by atoms with Crippen molar-refractivity contribution in [3.63, 3.8) is 0 Å². The molecule has 0 aromatic rings. The number of likely N-dealkylation sites (N-methyl/N-ethyl adjacent to an activating group) is 1. The van der Waals surface area contributed by atoms with Gasteiger partial charge >= 0.3 is 0 Å². The van der Waals surface area contributed by atoms with Crippen molar-refractivity contribution in [2.45, 2.75) is 39.7 Å². The van der Waals surface area contributed by atoms with E-state index in [0.717, 1.165) is 19.0 Å². The lowest BCUT2D eigenvalue weighted by molar-refractivity contribution is 0.161. The van der Waals surface area contributed by atoms with Crippen LogP contribution in [0.3, 0.4) is 0 Å². The quantitative estimate of drug-likeness (QED) is 0.591. The number of hydrogen-bond donors (Lipinski definition) is 1. The van der Waals surface area contributed by atoms with Crippen molar-refractivity contribution < 1.29 is 0 Å². The SMILES string of the molecule is CNCCCC(C)N(CCN(C)C)CC(C)C. The van der Waals surface area contributed by atoms with Crippen LogP contribution in [0.25, 0.3) is 0 Å². The minimum Gasteiger partial charge on any atom is -0.320 e. The summed E-state index contributed by atoms with van der Waals surface area (Å²) in [5.74, 6) is 0.754. The Morgan fingerprint density at radius 2 is 1.71 bits per heavy atom. The molecule has 0 spiro atoms. The number of hydrogen-bond acceptors (Lipinski definition) is 3. The third-order valence-corrected chi connectivity index (χ3v) is 3.11. The molecule has 0 rings (SSSR count). The fourth-order valence-corrected chi connectivity index (χ4v) is 2.05. The standard InChI is InChI=1S/C14H33N3/c1-13(2)12-17(11-10-16(5)6)14(3)8-7-9-15-4/h13-15H,7-12H2,1-6H3. The Morgan fingerprint density at radius 3 is 2.18 bits per heavy atom. The van der Waals surface area contributed by atoms with E-state index in [1.54, 1.807) is 0 Å². The van der Waals surface area contributed by atoms with E-state index in [-0.39, 0.29) is 0 Å². The van der Waals surface area contributed by atoms with Crippen LogP contribution < -0.4 is 5.32 Å². The average molecular weight is 243 g/mol. The molecule has 0 aromatic heterocycles. The van der Waals surface area contributed by atoms with Crippen LogP contribution >= 0.6 is 0 Å². The molecule has 0 fully saturated rings. The molecule has 1 unspecified atom stereocenters. The molecule has 17 heavy (non-hydrogen) atoms. The van der Waals surface area contributed by atoms with Crippen LogP contribution in [0.1, 0.15) is 33.6 Å². The van der Waals surface area contributed by atoms with Crippen LogP contribution in [0.2, 0.25) is 0 Å². The Labute approximate surface area is 109 Å². The summed E-state index contributed by atoms with van der Waals surface area (Å²) in [5.41, 5.74) is 0. The maximum atomic E-state index is 3.23. The normalized spacial score (nSPS) is 13.9. The van der Waals surface area contributed by atoms with Crippen LogP contribution in [0.4, 0.5) is 0 Å². The molecular weight excluding hydrogens is 210 g/mol. The molecule has 0 saturated heterocycles. The van der Waals surface area contributed by atoms with Gasteiger partial charge in [0.1, 0.15) is 0 Å². The lowest BCUT2D eigenvalue weighted by atomic mass is 10.1. The zero-order chi connectivity index (χ0) is 13.3. The molecule has 0 amide bonds. The highest BCUT2D eigenvalue weighted by atomic mass is 15.2. The van der Waals surface area contributed by atoms with Crippen LogP contribution in [0.5, 0.6) is 0 Å². The fourth-order valence-electron chi connectivity index (χ4n) is 2.05. The lowest BCUT2D eigenvalue weighted by Gasteiger charge is -2.31. The van der Waals surface area contributed by atoms with Gasteiger partial charge in [-0.05, 0) is 53.4 Å². The van der Waals surface area contributed by atoms with E-state index in [1.165, 1.54) is 25.9 Å². The topological polar surface area (TPSA) is 18.5 Å².